The molecule has 4 nitrogen and oxygen atoms in total. The maximum Gasteiger partial charge on any atom is 0.190 e. The van der Waals surface area contributed by atoms with Crippen LogP contribution in [0.15, 0.2) is 12.1 Å². The van der Waals surface area contributed by atoms with Gasteiger partial charge in [0.1, 0.15) is 9.84 Å². The highest BCUT2D eigenvalue weighted by molar-refractivity contribution is 7.90. The number of nitrogens with one attached hydrogen (secondary N) is 1. The summed E-state index contributed by atoms with van der Waals surface area (Å²) in [5.41, 5.74) is 0.488. The van der Waals surface area contributed by atoms with Crippen molar-refractivity contribution in [3.8, 4) is 5.75 Å². The van der Waals surface area contributed by atoms with Crippen LogP contribution in [0.25, 0.3) is 0 Å². The van der Waals surface area contributed by atoms with E-state index >= 15 is 0 Å². The molecule has 0 saturated carbocycles. The van der Waals surface area contributed by atoms with Gasteiger partial charge < -0.3 is 10.1 Å². The van der Waals surface area contributed by atoms with Gasteiger partial charge in [0.15, 0.2) is 17.4 Å². The Hall–Kier alpha value is -1.21. The van der Waals surface area contributed by atoms with Crippen LogP contribution < -0.4 is 10.1 Å². The topological polar surface area (TPSA) is 55.4 Å². The average molecular weight is 321 g/mol. The Bertz CT molecular complexity index is 551. The van der Waals surface area contributed by atoms with Gasteiger partial charge in [-0.25, -0.2) is 17.2 Å². The quantitative estimate of drug-likeness (QED) is 0.746. The lowest BCUT2D eigenvalue weighted by atomic mass is 10.2. The van der Waals surface area contributed by atoms with Crippen LogP contribution in [-0.4, -0.2) is 33.1 Å². The van der Waals surface area contributed by atoms with Crippen molar-refractivity contribution in [3.63, 3.8) is 0 Å². The zero-order valence-electron chi connectivity index (χ0n) is 12.4. The molecule has 1 aromatic rings. The molecule has 0 atom stereocenters. The van der Waals surface area contributed by atoms with Gasteiger partial charge in [0.05, 0.1) is 12.4 Å². The molecule has 1 rings (SSSR count). The third-order valence-electron chi connectivity index (χ3n) is 2.68. The van der Waals surface area contributed by atoms with E-state index in [0.29, 0.717) is 12.1 Å². The summed E-state index contributed by atoms with van der Waals surface area (Å²) in [5, 5.41) is 3.06. The Morgan fingerprint density at radius 2 is 1.81 bits per heavy atom. The lowest BCUT2D eigenvalue weighted by molar-refractivity contribution is 0.285. The second-order valence-electron chi connectivity index (χ2n) is 5.26. The summed E-state index contributed by atoms with van der Waals surface area (Å²) in [4.78, 5) is 0. The van der Waals surface area contributed by atoms with Crippen LogP contribution >= 0.6 is 0 Å². The Balaban J connectivity index is 2.63. The molecule has 0 bridgehead atoms. The van der Waals surface area contributed by atoms with Gasteiger partial charge in [-0.05, 0) is 24.1 Å². The van der Waals surface area contributed by atoms with E-state index in [1.807, 2.05) is 13.8 Å². The number of ether oxygens (including phenoxy) is 1. The fourth-order valence-corrected chi connectivity index (χ4v) is 2.31. The molecular weight excluding hydrogens is 300 g/mol. The maximum atomic E-state index is 13.8. The Labute approximate surface area is 124 Å². The first-order valence-electron chi connectivity index (χ1n) is 6.71. The normalized spacial score (nSPS) is 11.9. The predicted octanol–water partition coefficient (Wildman–Crippen LogP) is 2.28. The molecule has 21 heavy (non-hydrogen) atoms. The molecule has 0 fully saturated rings. The van der Waals surface area contributed by atoms with Crippen LogP contribution in [0.5, 0.6) is 5.75 Å². The molecule has 120 valence electrons. The van der Waals surface area contributed by atoms with Gasteiger partial charge in [0.2, 0.25) is 0 Å². The highest BCUT2D eigenvalue weighted by atomic mass is 32.2. The first-order chi connectivity index (χ1) is 9.69. The van der Waals surface area contributed by atoms with Crippen LogP contribution in [-0.2, 0) is 16.4 Å². The molecule has 0 aromatic heterocycles. The molecule has 0 saturated heterocycles. The summed E-state index contributed by atoms with van der Waals surface area (Å²) in [7, 11) is -3.10. The molecule has 0 spiro atoms. The van der Waals surface area contributed by atoms with Gasteiger partial charge in [0.25, 0.3) is 0 Å². The second kappa shape index (κ2) is 7.70. The van der Waals surface area contributed by atoms with E-state index in [1.165, 1.54) is 12.1 Å². The molecule has 7 heteroatoms. The Morgan fingerprint density at radius 1 is 1.24 bits per heavy atom. The van der Waals surface area contributed by atoms with Crippen molar-refractivity contribution in [2.45, 2.75) is 32.9 Å². The van der Waals surface area contributed by atoms with Crippen molar-refractivity contribution in [2.24, 2.45) is 0 Å². The summed E-state index contributed by atoms with van der Waals surface area (Å²) in [5.74, 6) is -2.10. The third-order valence-corrected chi connectivity index (χ3v) is 3.71. The number of halogens is 2. The molecule has 0 unspecified atom stereocenters. The Morgan fingerprint density at radius 3 is 2.29 bits per heavy atom. The molecular formula is C14H21F2NO3S. The van der Waals surface area contributed by atoms with Gasteiger partial charge in [-0.3, -0.25) is 0 Å². The molecule has 0 aliphatic heterocycles. The fraction of sp³-hybridized carbons (Fsp3) is 0.571. The first kappa shape index (κ1) is 17.8. The van der Waals surface area contributed by atoms with E-state index < -0.39 is 27.2 Å². The van der Waals surface area contributed by atoms with Gasteiger partial charge in [-0.2, -0.15) is 0 Å². The number of rotatable bonds is 8. The van der Waals surface area contributed by atoms with Gasteiger partial charge >= 0.3 is 0 Å². The second-order valence-corrected chi connectivity index (χ2v) is 7.52. The minimum Gasteiger partial charge on any atom is -0.488 e. The van der Waals surface area contributed by atoms with Crippen LogP contribution in [0, 0.1) is 11.6 Å². The molecule has 0 radical (unpaired) electrons. The average Bonchev–Trinajstić information content (AvgIpc) is 2.33. The van der Waals surface area contributed by atoms with E-state index in [1.54, 1.807) is 0 Å². The molecule has 0 aliphatic rings. The highest BCUT2D eigenvalue weighted by Gasteiger charge is 2.13. The van der Waals surface area contributed by atoms with Crippen molar-refractivity contribution in [1.29, 1.82) is 0 Å². The standard InChI is InChI=1S/C14H21F2NO3S/c1-10(2)17-9-11-7-12(15)14(13(16)8-11)20-5-4-6-21(3,18)19/h7-8,10,17H,4-6,9H2,1-3H3. The first-order valence-corrected chi connectivity index (χ1v) is 8.77. The van der Waals surface area contributed by atoms with Crippen LogP contribution in [0.4, 0.5) is 8.78 Å². The summed E-state index contributed by atoms with van der Waals surface area (Å²) in [6, 6.07) is 2.64. The summed E-state index contributed by atoms with van der Waals surface area (Å²) < 4.78 is 54.5. The molecule has 0 amide bonds. The molecule has 0 heterocycles. The third kappa shape index (κ3) is 6.86. The largest absolute Gasteiger partial charge is 0.488 e. The van der Waals surface area contributed by atoms with Crippen molar-refractivity contribution in [3.05, 3.63) is 29.3 Å². The Kier molecular flexibility index (Phi) is 6.54. The lowest BCUT2D eigenvalue weighted by Crippen LogP contribution is -2.22. The minimum absolute atomic E-state index is 0.0511. The van der Waals surface area contributed by atoms with E-state index in [9.17, 15) is 17.2 Å². The summed E-state index contributed by atoms with van der Waals surface area (Å²) >= 11 is 0. The van der Waals surface area contributed by atoms with E-state index in [0.717, 1.165) is 6.26 Å². The smallest absolute Gasteiger partial charge is 0.190 e. The predicted molar refractivity (Wildman–Crippen MR) is 78.2 cm³/mol. The fourth-order valence-electron chi connectivity index (χ4n) is 1.67. The van der Waals surface area contributed by atoms with Crippen molar-refractivity contribution in [1.82, 2.24) is 5.32 Å². The zero-order chi connectivity index (χ0) is 16.0. The summed E-state index contributed by atoms with van der Waals surface area (Å²) in [6.07, 6.45) is 1.29. The van der Waals surface area contributed by atoms with Crippen molar-refractivity contribution < 1.29 is 21.9 Å². The number of benzene rings is 1. The zero-order valence-corrected chi connectivity index (χ0v) is 13.3. The minimum atomic E-state index is -3.10. The van der Waals surface area contributed by atoms with Gasteiger partial charge in [0, 0.05) is 18.8 Å². The number of hydrogen-bond donors (Lipinski definition) is 1. The lowest BCUT2D eigenvalue weighted by Gasteiger charge is -2.12. The van der Waals surface area contributed by atoms with Crippen LogP contribution in [0.3, 0.4) is 0 Å². The highest BCUT2D eigenvalue weighted by Crippen LogP contribution is 2.23. The van der Waals surface area contributed by atoms with Gasteiger partial charge in [-0.15, -0.1) is 0 Å². The van der Waals surface area contributed by atoms with Crippen molar-refractivity contribution in [2.75, 3.05) is 18.6 Å². The molecule has 1 aromatic carbocycles. The van der Waals surface area contributed by atoms with E-state index in [-0.39, 0.29) is 24.8 Å². The van der Waals surface area contributed by atoms with E-state index in [4.69, 9.17) is 4.74 Å². The monoisotopic (exact) mass is 321 g/mol. The van der Waals surface area contributed by atoms with Crippen LogP contribution in [0.2, 0.25) is 0 Å². The SMILES string of the molecule is CC(C)NCc1cc(F)c(OCCCS(C)(=O)=O)c(F)c1. The van der Waals surface area contributed by atoms with Crippen LogP contribution in [0.1, 0.15) is 25.8 Å². The molecule has 1 N–H and O–H groups in total. The van der Waals surface area contributed by atoms with Crippen molar-refractivity contribution >= 4 is 9.84 Å². The van der Waals surface area contributed by atoms with E-state index in [2.05, 4.69) is 5.32 Å². The molecule has 0 aliphatic carbocycles. The number of hydrogen-bond acceptors (Lipinski definition) is 4. The maximum absolute atomic E-state index is 13.8. The number of sulfone groups is 1. The summed E-state index contributed by atoms with van der Waals surface area (Å²) in [6.45, 7) is 4.18. The van der Waals surface area contributed by atoms with Gasteiger partial charge in [-0.1, -0.05) is 13.8 Å².